The normalized spacial score (nSPS) is 27.6. The maximum absolute atomic E-state index is 12.6. The number of likely N-dealkylation sites (tertiary alicyclic amines) is 1. The van der Waals surface area contributed by atoms with Crippen molar-refractivity contribution < 1.29 is 9.59 Å². The van der Waals surface area contributed by atoms with E-state index in [4.69, 9.17) is 0 Å². The molecule has 2 fully saturated rings. The number of nitrogens with one attached hydrogen (secondary N) is 1. The molecule has 1 aromatic heterocycles. The molecule has 148 valence electrons. The minimum Gasteiger partial charge on any atom is -0.355 e. The highest BCUT2D eigenvalue weighted by atomic mass is 16.2. The minimum absolute atomic E-state index is 0.109. The fraction of sp³-hybridized carbons (Fsp3) is 0.800. The van der Waals surface area contributed by atoms with Crippen molar-refractivity contribution in [3.05, 3.63) is 11.6 Å². The number of fused-ring (bicyclic) bond motifs is 1. The summed E-state index contributed by atoms with van der Waals surface area (Å²) in [7, 11) is 0. The summed E-state index contributed by atoms with van der Waals surface area (Å²) in [6.45, 7) is 5.08. The number of amides is 2. The van der Waals surface area contributed by atoms with Crippen LogP contribution in [0, 0.1) is 11.8 Å². The predicted molar refractivity (Wildman–Crippen MR) is 101 cm³/mol. The average molecular weight is 374 g/mol. The van der Waals surface area contributed by atoms with Crippen molar-refractivity contribution in [1.29, 1.82) is 0 Å². The monoisotopic (exact) mass is 373 g/mol. The van der Waals surface area contributed by atoms with Gasteiger partial charge in [-0.15, -0.1) is 10.2 Å². The lowest BCUT2D eigenvalue weighted by molar-refractivity contribution is -0.132. The summed E-state index contributed by atoms with van der Waals surface area (Å²) >= 11 is 0. The van der Waals surface area contributed by atoms with Crippen LogP contribution in [0.5, 0.6) is 0 Å². The molecule has 1 N–H and O–H groups in total. The largest absolute Gasteiger partial charge is 0.355 e. The van der Waals surface area contributed by atoms with Gasteiger partial charge in [0.25, 0.3) is 0 Å². The number of nitrogens with zero attached hydrogens (tertiary/aromatic N) is 4. The lowest BCUT2D eigenvalue weighted by Crippen LogP contribution is -2.41. The Labute approximate surface area is 160 Å². The Hall–Kier alpha value is -1.92. The van der Waals surface area contributed by atoms with Crippen molar-refractivity contribution in [1.82, 2.24) is 25.0 Å². The first kappa shape index (κ1) is 18.4. The Balaban J connectivity index is 1.31. The molecule has 0 bridgehead atoms. The van der Waals surface area contributed by atoms with E-state index in [2.05, 4.69) is 27.0 Å². The number of piperidine rings is 1. The van der Waals surface area contributed by atoms with E-state index in [1.165, 1.54) is 19.3 Å². The van der Waals surface area contributed by atoms with Gasteiger partial charge in [-0.05, 0) is 38.0 Å². The summed E-state index contributed by atoms with van der Waals surface area (Å²) in [6.07, 6.45) is 8.09. The van der Waals surface area contributed by atoms with E-state index in [9.17, 15) is 9.59 Å². The Morgan fingerprint density at radius 1 is 1.15 bits per heavy atom. The van der Waals surface area contributed by atoms with Gasteiger partial charge in [0.1, 0.15) is 11.6 Å². The number of carbonyl (C=O) groups is 2. The number of rotatable bonds is 5. The zero-order valence-electron chi connectivity index (χ0n) is 16.3. The molecule has 7 heteroatoms. The smallest absolute Gasteiger partial charge is 0.224 e. The molecular weight excluding hydrogens is 342 g/mol. The van der Waals surface area contributed by atoms with Gasteiger partial charge >= 0.3 is 0 Å². The summed E-state index contributed by atoms with van der Waals surface area (Å²) in [5.74, 6) is 3.38. The molecule has 2 aliphatic heterocycles. The second-order valence-electron chi connectivity index (χ2n) is 8.48. The SMILES string of the molecule is CC1CC1C(=O)NCCC(=O)N1CCCC(c2nnc3n2CCCCC3)C1. The Morgan fingerprint density at radius 2 is 2.00 bits per heavy atom. The quantitative estimate of drug-likeness (QED) is 0.854. The van der Waals surface area contributed by atoms with Crippen molar-refractivity contribution in [2.45, 2.75) is 70.8 Å². The molecule has 27 heavy (non-hydrogen) atoms. The minimum atomic E-state index is 0.109. The highest BCUT2D eigenvalue weighted by molar-refractivity contribution is 5.82. The van der Waals surface area contributed by atoms with Gasteiger partial charge in [-0.2, -0.15) is 0 Å². The molecule has 1 aromatic rings. The van der Waals surface area contributed by atoms with Gasteiger partial charge in [0.15, 0.2) is 0 Å². The van der Waals surface area contributed by atoms with Crippen LogP contribution in [0.1, 0.15) is 69.4 Å². The van der Waals surface area contributed by atoms with Gasteiger partial charge in [0.05, 0.1) is 0 Å². The number of hydrogen-bond donors (Lipinski definition) is 1. The third-order valence-electron chi connectivity index (χ3n) is 6.36. The van der Waals surface area contributed by atoms with Crippen LogP contribution in [0.4, 0.5) is 0 Å². The molecule has 0 aromatic carbocycles. The van der Waals surface area contributed by atoms with E-state index >= 15 is 0 Å². The lowest BCUT2D eigenvalue weighted by Gasteiger charge is -2.32. The van der Waals surface area contributed by atoms with E-state index < -0.39 is 0 Å². The molecule has 7 nitrogen and oxygen atoms in total. The maximum atomic E-state index is 12.6. The zero-order chi connectivity index (χ0) is 18.8. The topological polar surface area (TPSA) is 80.1 Å². The average Bonchev–Trinajstić information content (AvgIpc) is 3.35. The van der Waals surface area contributed by atoms with Gasteiger partial charge in [-0.1, -0.05) is 13.3 Å². The van der Waals surface area contributed by atoms with Crippen molar-refractivity contribution >= 4 is 11.8 Å². The Kier molecular flexibility index (Phi) is 5.45. The highest BCUT2D eigenvalue weighted by Gasteiger charge is 2.38. The van der Waals surface area contributed by atoms with Crippen LogP contribution in [-0.4, -0.2) is 51.1 Å². The predicted octanol–water partition coefficient (Wildman–Crippen LogP) is 1.87. The standard InChI is InChI=1S/C20H31N5O2/c1-14-12-16(14)20(27)21-9-8-18(26)24-10-5-6-15(13-24)19-23-22-17-7-3-2-4-11-25(17)19/h14-16H,2-13H2,1H3,(H,21,27). The molecular formula is C20H31N5O2. The molecule has 3 unspecified atom stereocenters. The van der Waals surface area contributed by atoms with Gasteiger partial charge in [-0.3, -0.25) is 9.59 Å². The Morgan fingerprint density at radius 3 is 2.81 bits per heavy atom. The number of aromatic nitrogens is 3. The fourth-order valence-corrected chi connectivity index (χ4v) is 4.49. The van der Waals surface area contributed by atoms with Crippen molar-refractivity contribution in [3.8, 4) is 0 Å². The van der Waals surface area contributed by atoms with E-state index in [-0.39, 0.29) is 23.7 Å². The first-order valence-electron chi connectivity index (χ1n) is 10.6. The second-order valence-corrected chi connectivity index (χ2v) is 8.48. The van der Waals surface area contributed by atoms with Gasteiger partial charge in [0.2, 0.25) is 11.8 Å². The third kappa shape index (κ3) is 4.17. The first-order chi connectivity index (χ1) is 13.1. The van der Waals surface area contributed by atoms with Crippen LogP contribution in [-0.2, 0) is 22.6 Å². The molecule has 2 amide bonds. The van der Waals surface area contributed by atoms with Crippen LogP contribution in [0.2, 0.25) is 0 Å². The van der Waals surface area contributed by atoms with Crippen LogP contribution in [0.15, 0.2) is 0 Å². The lowest BCUT2D eigenvalue weighted by atomic mass is 9.96. The molecule has 3 aliphatic rings. The van der Waals surface area contributed by atoms with E-state index in [1.54, 1.807) is 0 Å². The molecule has 1 saturated heterocycles. The van der Waals surface area contributed by atoms with Crippen LogP contribution >= 0.6 is 0 Å². The summed E-state index contributed by atoms with van der Waals surface area (Å²) in [6, 6.07) is 0. The number of aryl methyl sites for hydroxylation is 1. The van der Waals surface area contributed by atoms with Crippen LogP contribution in [0.25, 0.3) is 0 Å². The molecule has 0 radical (unpaired) electrons. The van der Waals surface area contributed by atoms with E-state index in [0.29, 0.717) is 18.9 Å². The first-order valence-corrected chi connectivity index (χ1v) is 10.6. The molecule has 3 atom stereocenters. The van der Waals surface area contributed by atoms with Gasteiger partial charge in [-0.25, -0.2) is 0 Å². The number of hydrogen-bond acceptors (Lipinski definition) is 4. The zero-order valence-corrected chi connectivity index (χ0v) is 16.3. The maximum Gasteiger partial charge on any atom is 0.224 e. The van der Waals surface area contributed by atoms with Crippen molar-refractivity contribution in [3.63, 3.8) is 0 Å². The van der Waals surface area contributed by atoms with Crippen molar-refractivity contribution in [2.24, 2.45) is 11.8 Å². The fourth-order valence-electron chi connectivity index (χ4n) is 4.49. The van der Waals surface area contributed by atoms with Crippen LogP contribution < -0.4 is 5.32 Å². The second kappa shape index (κ2) is 7.98. The third-order valence-corrected chi connectivity index (χ3v) is 6.36. The summed E-state index contributed by atoms with van der Waals surface area (Å²) in [4.78, 5) is 26.5. The Bertz CT molecular complexity index is 701. The van der Waals surface area contributed by atoms with Gasteiger partial charge in [0, 0.05) is 50.9 Å². The summed E-state index contributed by atoms with van der Waals surface area (Å²) in [5.41, 5.74) is 0. The molecule has 3 heterocycles. The molecule has 0 spiro atoms. The highest BCUT2D eigenvalue weighted by Crippen LogP contribution is 2.37. The summed E-state index contributed by atoms with van der Waals surface area (Å²) in [5, 5.41) is 11.8. The van der Waals surface area contributed by atoms with Crippen LogP contribution in [0.3, 0.4) is 0 Å². The number of carbonyl (C=O) groups excluding carboxylic acids is 2. The summed E-state index contributed by atoms with van der Waals surface area (Å²) < 4.78 is 2.31. The van der Waals surface area contributed by atoms with Gasteiger partial charge < -0.3 is 14.8 Å². The van der Waals surface area contributed by atoms with E-state index in [0.717, 1.165) is 57.0 Å². The van der Waals surface area contributed by atoms with E-state index in [1.807, 2.05) is 4.90 Å². The molecule has 1 aliphatic carbocycles. The molecule has 4 rings (SSSR count). The molecule has 1 saturated carbocycles. The van der Waals surface area contributed by atoms with Crippen molar-refractivity contribution in [2.75, 3.05) is 19.6 Å².